The van der Waals surface area contributed by atoms with Gasteiger partial charge in [0.05, 0.1) is 6.61 Å². The van der Waals surface area contributed by atoms with E-state index in [0.717, 1.165) is 19.4 Å². The molecule has 0 fully saturated rings. The molecule has 5 heteroatoms. The van der Waals surface area contributed by atoms with E-state index >= 15 is 0 Å². The minimum atomic E-state index is -0.785. The molecule has 0 heterocycles. The monoisotopic (exact) mass is 301 g/mol. The molecule has 0 aromatic heterocycles. The predicted octanol–water partition coefficient (Wildman–Crippen LogP) is 2.46. The molecule has 114 valence electrons. The van der Waals surface area contributed by atoms with E-state index in [2.05, 4.69) is 12.1 Å². The topological polar surface area (TPSA) is 49.8 Å². The molecular weight excluding hydrogens is 278 g/mol. The largest absolute Gasteiger partial charge is 0.480 e. The lowest BCUT2D eigenvalue weighted by molar-refractivity contribution is -0.142. The molecule has 1 aromatic carbocycles. The fourth-order valence-corrected chi connectivity index (χ4v) is 1.73. The van der Waals surface area contributed by atoms with Gasteiger partial charge in [0.15, 0.2) is 0 Å². The van der Waals surface area contributed by atoms with E-state index in [-0.39, 0.29) is 12.4 Å². The van der Waals surface area contributed by atoms with E-state index in [1.54, 1.807) is 6.92 Å². The lowest BCUT2D eigenvalue weighted by Crippen LogP contribution is -2.36. The number of benzene rings is 1. The Kier molecular flexibility index (Phi) is 10.1. The zero-order valence-corrected chi connectivity index (χ0v) is 12.9. The van der Waals surface area contributed by atoms with Crippen molar-refractivity contribution in [2.24, 2.45) is 0 Å². The van der Waals surface area contributed by atoms with Crippen molar-refractivity contribution >= 4 is 18.4 Å². The van der Waals surface area contributed by atoms with Crippen molar-refractivity contribution in [2.45, 2.75) is 25.8 Å². The summed E-state index contributed by atoms with van der Waals surface area (Å²) < 4.78 is 5.55. The third kappa shape index (κ3) is 7.48. The number of ether oxygens (including phenoxy) is 1. The molecular formula is C15H24ClNO3. The number of carboxylic acid groups (broad SMARTS) is 1. The molecule has 1 rings (SSSR count). The summed E-state index contributed by atoms with van der Waals surface area (Å²) in [5, 5.41) is 8.85. The van der Waals surface area contributed by atoms with Gasteiger partial charge in [0, 0.05) is 13.2 Å². The summed E-state index contributed by atoms with van der Waals surface area (Å²) in [4.78, 5) is 12.6. The van der Waals surface area contributed by atoms with Gasteiger partial charge in [-0.15, -0.1) is 12.4 Å². The van der Waals surface area contributed by atoms with Crippen LogP contribution in [0.1, 0.15) is 18.9 Å². The normalized spacial score (nSPS) is 11.9. The minimum Gasteiger partial charge on any atom is -0.480 e. The first kappa shape index (κ1) is 18.9. The van der Waals surface area contributed by atoms with Crippen LogP contribution in [0.2, 0.25) is 0 Å². The summed E-state index contributed by atoms with van der Waals surface area (Å²) in [6.45, 7) is 3.81. The second kappa shape index (κ2) is 10.7. The van der Waals surface area contributed by atoms with Crippen LogP contribution in [0.5, 0.6) is 0 Å². The minimum absolute atomic E-state index is 0. The first-order valence-electron chi connectivity index (χ1n) is 6.66. The number of nitrogens with zero attached hydrogens (tertiary/aromatic N) is 1. The predicted molar refractivity (Wildman–Crippen MR) is 82.6 cm³/mol. The molecule has 1 atom stereocenters. The molecule has 0 saturated heterocycles. The molecule has 4 nitrogen and oxygen atoms in total. The molecule has 1 unspecified atom stereocenters. The molecule has 0 saturated carbocycles. The lowest BCUT2D eigenvalue weighted by Gasteiger charge is -2.20. The van der Waals surface area contributed by atoms with Gasteiger partial charge in [0.1, 0.15) is 6.04 Å². The Morgan fingerprint density at radius 2 is 1.95 bits per heavy atom. The van der Waals surface area contributed by atoms with Crippen molar-refractivity contribution in [3.8, 4) is 0 Å². The van der Waals surface area contributed by atoms with E-state index in [1.807, 2.05) is 30.1 Å². The smallest absolute Gasteiger partial charge is 0.320 e. The van der Waals surface area contributed by atoms with E-state index in [1.165, 1.54) is 5.56 Å². The number of halogens is 1. The van der Waals surface area contributed by atoms with Gasteiger partial charge < -0.3 is 9.84 Å². The van der Waals surface area contributed by atoms with Crippen LogP contribution in [0.25, 0.3) is 0 Å². The summed E-state index contributed by atoms with van der Waals surface area (Å²) >= 11 is 0. The molecule has 1 aromatic rings. The van der Waals surface area contributed by atoms with Crippen LogP contribution in [0.15, 0.2) is 30.3 Å². The Hall–Kier alpha value is -1.10. The number of rotatable bonds is 9. The highest BCUT2D eigenvalue weighted by molar-refractivity contribution is 5.85. The van der Waals surface area contributed by atoms with Crippen LogP contribution in [0.3, 0.4) is 0 Å². The Bertz CT molecular complexity index is 373. The first-order chi connectivity index (χ1) is 9.11. The van der Waals surface area contributed by atoms with Gasteiger partial charge >= 0.3 is 5.97 Å². The van der Waals surface area contributed by atoms with Crippen LogP contribution in [0.4, 0.5) is 0 Å². The fourth-order valence-electron chi connectivity index (χ4n) is 1.73. The molecule has 0 amide bonds. The standard InChI is InChI=1S/C15H23NO3.ClH/c1-13(15(17)18)16(2)10-6-11-19-12-9-14-7-4-3-5-8-14;/h3-5,7-8,13H,6,9-12H2,1-2H3,(H,17,18);1H. The second-order valence-corrected chi connectivity index (χ2v) is 4.70. The Morgan fingerprint density at radius 1 is 1.30 bits per heavy atom. The van der Waals surface area contributed by atoms with E-state index in [0.29, 0.717) is 13.2 Å². The van der Waals surface area contributed by atoms with Crippen molar-refractivity contribution < 1.29 is 14.6 Å². The highest BCUT2D eigenvalue weighted by Gasteiger charge is 2.15. The van der Waals surface area contributed by atoms with Crippen molar-refractivity contribution in [3.05, 3.63) is 35.9 Å². The molecule has 0 aliphatic carbocycles. The number of hydrogen-bond donors (Lipinski definition) is 1. The van der Waals surface area contributed by atoms with Crippen LogP contribution in [-0.4, -0.2) is 48.8 Å². The second-order valence-electron chi connectivity index (χ2n) is 4.70. The molecule has 1 N–H and O–H groups in total. The number of hydrogen-bond acceptors (Lipinski definition) is 3. The van der Waals surface area contributed by atoms with Gasteiger partial charge in [-0.1, -0.05) is 30.3 Å². The van der Waals surface area contributed by atoms with Gasteiger partial charge in [-0.2, -0.15) is 0 Å². The highest BCUT2D eigenvalue weighted by Crippen LogP contribution is 2.01. The first-order valence-corrected chi connectivity index (χ1v) is 6.66. The number of carboxylic acids is 1. The van der Waals surface area contributed by atoms with Gasteiger partial charge in [-0.05, 0) is 32.4 Å². The zero-order chi connectivity index (χ0) is 14.1. The summed E-state index contributed by atoms with van der Waals surface area (Å²) in [5.41, 5.74) is 1.28. The maximum Gasteiger partial charge on any atom is 0.320 e. The van der Waals surface area contributed by atoms with E-state index in [4.69, 9.17) is 9.84 Å². The molecule has 0 aliphatic rings. The highest BCUT2D eigenvalue weighted by atomic mass is 35.5. The van der Waals surface area contributed by atoms with E-state index in [9.17, 15) is 4.79 Å². The third-order valence-electron chi connectivity index (χ3n) is 3.20. The van der Waals surface area contributed by atoms with Gasteiger partial charge in [-0.3, -0.25) is 9.69 Å². The molecule has 0 spiro atoms. The SMILES string of the molecule is CC(C(=O)O)N(C)CCCOCCc1ccccc1.Cl. The van der Waals surface area contributed by atoms with Crippen LogP contribution in [-0.2, 0) is 16.0 Å². The molecule has 0 bridgehead atoms. The van der Waals surface area contributed by atoms with Crippen molar-refractivity contribution in [1.29, 1.82) is 0 Å². The zero-order valence-electron chi connectivity index (χ0n) is 12.1. The van der Waals surface area contributed by atoms with Crippen molar-refractivity contribution in [3.63, 3.8) is 0 Å². The van der Waals surface area contributed by atoms with E-state index < -0.39 is 12.0 Å². The van der Waals surface area contributed by atoms with Crippen LogP contribution < -0.4 is 0 Å². The quantitative estimate of drug-likeness (QED) is 0.712. The average Bonchev–Trinajstić information content (AvgIpc) is 2.42. The third-order valence-corrected chi connectivity index (χ3v) is 3.20. The van der Waals surface area contributed by atoms with Crippen molar-refractivity contribution in [2.75, 3.05) is 26.8 Å². The summed E-state index contributed by atoms with van der Waals surface area (Å²) in [5.74, 6) is -0.785. The summed E-state index contributed by atoms with van der Waals surface area (Å²) in [6.07, 6.45) is 1.77. The molecule has 0 aliphatic heterocycles. The van der Waals surface area contributed by atoms with Gasteiger partial charge in [0.2, 0.25) is 0 Å². The maximum atomic E-state index is 10.8. The maximum absolute atomic E-state index is 10.8. The van der Waals surface area contributed by atoms with Crippen molar-refractivity contribution in [1.82, 2.24) is 4.90 Å². The fraction of sp³-hybridized carbons (Fsp3) is 0.533. The molecule has 20 heavy (non-hydrogen) atoms. The summed E-state index contributed by atoms with van der Waals surface area (Å²) in [7, 11) is 1.82. The Labute approximate surface area is 127 Å². The Balaban J connectivity index is 0.00000361. The average molecular weight is 302 g/mol. The van der Waals surface area contributed by atoms with Gasteiger partial charge in [-0.25, -0.2) is 0 Å². The number of aliphatic carboxylic acids is 1. The van der Waals surface area contributed by atoms with Crippen LogP contribution in [0, 0.1) is 0 Å². The van der Waals surface area contributed by atoms with Crippen LogP contribution >= 0.6 is 12.4 Å². The summed E-state index contributed by atoms with van der Waals surface area (Å²) in [6, 6.07) is 9.79. The Morgan fingerprint density at radius 3 is 2.55 bits per heavy atom. The molecule has 0 radical (unpaired) electrons. The lowest BCUT2D eigenvalue weighted by atomic mass is 10.2. The number of carbonyl (C=O) groups is 1. The van der Waals surface area contributed by atoms with Gasteiger partial charge in [0.25, 0.3) is 0 Å². The number of likely N-dealkylation sites (N-methyl/N-ethyl adjacent to an activating group) is 1.